The minimum atomic E-state index is -1.07. The van der Waals surface area contributed by atoms with Crippen molar-refractivity contribution in [2.75, 3.05) is 6.61 Å². The molecular formula is C13H11F2NO2. The summed E-state index contributed by atoms with van der Waals surface area (Å²) in [6.07, 6.45) is 0. The average Bonchev–Trinajstić information content (AvgIpc) is 2.38. The number of carbonyl (C=O) groups excluding carboxylic acids is 1. The maximum Gasteiger partial charge on any atom is 0.367 e. The first-order valence-corrected chi connectivity index (χ1v) is 5.24. The number of rotatable bonds is 3. The van der Waals surface area contributed by atoms with Gasteiger partial charge in [0.25, 0.3) is 0 Å². The fourth-order valence-electron chi connectivity index (χ4n) is 1.32. The smallest absolute Gasteiger partial charge is 0.367 e. The second-order valence-corrected chi connectivity index (χ2v) is 3.47. The molecule has 0 bridgehead atoms. The minimum Gasteiger partial charge on any atom is -0.461 e. The molecule has 0 N–H and O–H groups in total. The van der Waals surface area contributed by atoms with Gasteiger partial charge in [0, 0.05) is 0 Å². The summed E-state index contributed by atoms with van der Waals surface area (Å²) in [5.74, 6) is -2.81. The summed E-state index contributed by atoms with van der Waals surface area (Å²) in [7, 11) is 0. The summed E-state index contributed by atoms with van der Waals surface area (Å²) in [5, 5.41) is 8.67. The first-order chi connectivity index (χ1) is 8.51. The Hall–Kier alpha value is -2.22. The highest BCUT2D eigenvalue weighted by Gasteiger charge is 2.15. The number of ether oxygens (including phenoxy) is 1. The third-order valence-electron chi connectivity index (χ3n) is 2.30. The molecule has 94 valence electrons. The lowest BCUT2D eigenvalue weighted by atomic mass is 10.0. The van der Waals surface area contributed by atoms with Crippen molar-refractivity contribution in [3.8, 4) is 6.07 Å². The van der Waals surface area contributed by atoms with E-state index in [2.05, 4.69) is 4.74 Å². The van der Waals surface area contributed by atoms with E-state index in [0.717, 1.165) is 6.07 Å². The van der Waals surface area contributed by atoms with Gasteiger partial charge in [0.2, 0.25) is 5.83 Å². The van der Waals surface area contributed by atoms with Gasteiger partial charge < -0.3 is 4.74 Å². The number of benzene rings is 1. The van der Waals surface area contributed by atoms with Crippen LogP contribution in [0.3, 0.4) is 0 Å². The van der Waals surface area contributed by atoms with Gasteiger partial charge in [0.05, 0.1) is 12.2 Å². The Morgan fingerprint density at radius 1 is 1.50 bits per heavy atom. The second kappa shape index (κ2) is 5.92. The fraction of sp³-hybridized carbons (Fsp3) is 0.231. The van der Waals surface area contributed by atoms with Crippen LogP contribution in [-0.2, 0) is 9.53 Å². The molecule has 0 saturated heterocycles. The van der Waals surface area contributed by atoms with Crippen LogP contribution < -0.4 is 0 Å². The number of hydrogen-bond acceptors (Lipinski definition) is 3. The van der Waals surface area contributed by atoms with Crippen LogP contribution in [0.1, 0.15) is 25.0 Å². The maximum absolute atomic E-state index is 13.6. The second-order valence-electron chi connectivity index (χ2n) is 3.47. The van der Waals surface area contributed by atoms with Crippen LogP contribution in [0, 0.1) is 17.1 Å². The number of halogens is 2. The lowest BCUT2D eigenvalue weighted by molar-refractivity contribution is -0.140. The van der Waals surface area contributed by atoms with E-state index in [-0.39, 0.29) is 23.3 Å². The summed E-state index contributed by atoms with van der Waals surface area (Å²) >= 11 is 0. The van der Waals surface area contributed by atoms with E-state index in [4.69, 9.17) is 5.26 Å². The Bertz CT molecular complexity index is 544. The summed E-state index contributed by atoms with van der Waals surface area (Å²) in [6, 6.07) is 5.18. The Kier molecular flexibility index (Phi) is 4.55. The molecule has 0 aromatic heterocycles. The summed E-state index contributed by atoms with van der Waals surface area (Å²) in [6.45, 7) is 2.99. The Labute approximate surface area is 103 Å². The van der Waals surface area contributed by atoms with Gasteiger partial charge in [-0.3, -0.25) is 0 Å². The minimum absolute atomic E-state index is 0.00458. The zero-order valence-corrected chi connectivity index (χ0v) is 9.96. The van der Waals surface area contributed by atoms with Crippen molar-refractivity contribution >= 4 is 11.5 Å². The SMILES string of the molecule is CCOC(=O)C(F)=C(C)c1ccc(F)c(C#N)c1. The fourth-order valence-corrected chi connectivity index (χ4v) is 1.32. The zero-order chi connectivity index (χ0) is 13.7. The van der Waals surface area contributed by atoms with Crippen LogP contribution >= 0.6 is 0 Å². The Morgan fingerprint density at radius 2 is 2.17 bits per heavy atom. The van der Waals surface area contributed by atoms with Gasteiger partial charge in [-0.25, -0.2) is 9.18 Å². The van der Waals surface area contributed by atoms with Crippen molar-refractivity contribution in [1.29, 1.82) is 5.26 Å². The van der Waals surface area contributed by atoms with Crippen molar-refractivity contribution in [2.45, 2.75) is 13.8 Å². The molecular weight excluding hydrogens is 240 g/mol. The zero-order valence-electron chi connectivity index (χ0n) is 9.96. The number of esters is 1. The molecule has 3 nitrogen and oxygen atoms in total. The third kappa shape index (κ3) is 2.92. The van der Waals surface area contributed by atoms with Crippen molar-refractivity contribution < 1.29 is 18.3 Å². The standard InChI is InChI=1S/C13H11F2NO2/c1-3-18-13(17)12(15)8(2)9-4-5-11(14)10(6-9)7-16/h4-6H,3H2,1-2H3. The van der Waals surface area contributed by atoms with Gasteiger partial charge in [-0.1, -0.05) is 6.07 Å². The molecule has 18 heavy (non-hydrogen) atoms. The highest BCUT2D eigenvalue weighted by molar-refractivity contribution is 5.94. The molecule has 0 saturated carbocycles. The molecule has 0 aliphatic heterocycles. The molecule has 0 aliphatic rings. The lowest BCUT2D eigenvalue weighted by Gasteiger charge is -2.05. The molecule has 0 atom stereocenters. The molecule has 0 fully saturated rings. The Balaban J connectivity index is 3.18. The van der Waals surface area contributed by atoms with Crippen LogP contribution in [0.5, 0.6) is 0 Å². The molecule has 0 aliphatic carbocycles. The van der Waals surface area contributed by atoms with Gasteiger partial charge in [-0.15, -0.1) is 0 Å². The van der Waals surface area contributed by atoms with Gasteiger partial charge >= 0.3 is 5.97 Å². The first kappa shape index (κ1) is 13.8. The predicted molar refractivity (Wildman–Crippen MR) is 61.5 cm³/mol. The molecule has 1 aromatic rings. The molecule has 1 aromatic carbocycles. The van der Waals surface area contributed by atoms with Crippen molar-refractivity contribution in [2.24, 2.45) is 0 Å². The van der Waals surface area contributed by atoms with Gasteiger partial charge in [0.1, 0.15) is 11.9 Å². The van der Waals surface area contributed by atoms with Crippen molar-refractivity contribution in [3.63, 3.8) is 0 Å². The summed E-state index contributed by atoms with van der Waals surface area (Å²) in [5.41, 5.74) is 0.0620. The lowest BCUT2D eigenvalue weighted by Crippen LogP contribution is -2.06. The topological polar surface area (TPSA) is 50.1 Å². The molecule has 5 heteroatoms. The maximum atomic E-state index is 13.6. The van der Waals surface area contributed by atoms with Crippen LogP contribution in [0.15, 0.2) is 24.0 Å². The van der Waals surface area contributed by atoms with E-state index < -0.39 is 17.6 Å². The highest BCUT2D eigenvalue weighted by atomic mass is 19.1. The van der Waals surface area contributed by atoms with Gasteiger partial charge in [-0.2, -0.15) is 9.65 Å². The van der Waals surface area contributed by atoms with E-state index >= 15 is 0 Å². The van der Waals surface area contributed by atoms with Crippen molar-refractivity contribution in [3.05, 3.63) is 41.0 Å². The van der Waals surface area contributed by atoms with Crippen LogP contribution in [-0.4, -0.2) is 12.6 Å². The predicted octanol–water partition coefficient (Wildman–Crippen LogP) is 2.96. The van der Waals surface area contributed by atoms with Crippen LogP contribution in [0.2, 0.25) is 0 Å². The molecule has 0 heterocycles. The third-order valence-corrected chi connectivity index (χ3v) is 2.30. The average molecular weight is 251 g/mol. The molecule has 0 amide bonds. The molecule has 0 unspecified atom stereocenters. The normalized spacial score (nSPS) is 11.5. The van der Waals surface area contributed by atoms with Crippen LogP contribution in [0.25, 0.3) is 5.57 Å². The van der Waals surface area contributed by atoms with E-state index in [0.29, 0.717) is 0 Å². The molecule has 0 radical (unpaired) electrons. The van der Waals surface area contributed by atoms with E-state index in [9.17, 15) is 13.6 Å². The number of hydrogen-bond donors (Lipinski definition) is 0. The number of carbonyl (C=O) groups is 1. The van der Waals surface area contributed by atoms with E-state index in [1.54, 1.807) is 13.0 Å². The summed E-state index contributed by atoms with van der Waals surface area (Å²) < 4.78 is 31.2. The number of nitrogens with zero attached hydrogens (tertiary/aromatic N) is 1. The molecule has 1 rings (SSSR count). The van der Waals surface area contributed by atoms with Crippen LogP contribution in [0.4, 0.5) is 8.78 Å². The number of allylic oxidation sites excluding steroid dienone is 1. The van der Waals surface area contributed by atoms with E-state index in [1.807, 2.05) is 0 Å². The largest absolute Gasteiger partial charge is 0.461 e. The first-order valence-electron chi connectivity index (χ1n) is 5.24. The van der Waals surface area contributed by atoms with Gasteiger partial charge in [-0.05, 0) is 37.1 Å². The molecule has 0 spiro atoms. The summed E-state index contributed by atoms with van der Waals surface area (Å²) in [4.78, 5) is 11.2. The van der Waals surface area contributed by atoms with Gasteiger partial charge in [0.15, 0.2) is 0 Å². The quantitative estimate of drug-likeness (QED) is 0.613. The monoisotopic (exact) mass is 251 g/mol. The number of nitriles is 1. The van der Waals surface area contributed by atoms with Crippen molar-refractivity contribution in [1.82, 2.24) is 0 Å². The highest BCUT2D eigenvalue weighted by Crippen LogP contribution is 2.22. The van der Waals surface area contributed by atoms with E-state index in [1.165, 1.54) is 19.1 Å². The Morgan fingerprint density at radius 3 is 2.72 bits per heavy atom.